The smallest absolute Gasteiger partial charge is 0.267 e. The molecule has 0 spiro atoms. The molecular formula is C30H32N2O3S2. The van der Waals surface area contributed by atoms with Crippen molar-refractivity contribution < 1.29 is 9.53 Å². The van der Waals surface area contributed by atoms with Gasteiger partial charge in [0.1, 0.15) is 10.6 Å². The number of rotatable bonds is 6. The summed E-state index contributed by atoms with van der Waals surface area (Å²) in [6.07, 6.45) is 4.14. The van der Waals surface area contributed by atoms with Crippen molar-refractivity contribution in [3.05, 3.63) is 80.5 Å². The van der Waals surface area contributed by atoms with Gasteiger partial charge in [0.2, 0.25) is 0 Å². The molecule has 192 valence electrons. The number of fused-ring (bicyclic) bond motifs is 3. The molecular weight excluding hydrogens is 500 g/mol. The van der Waals surface area contributed by atoms with E-state index in [1.165, 1.54) is 22.2 Å². The molecule has 1 unspecified atom stereocenters. The van der Waals surface area contributed by atoms with E-state index in [9.17, 15) is 9.59 Å². The number of hydrogen-bond acceptors (Lipinski definition) is 6. The minimum Gasteiger partial charge on any atom is -0.497 e. The first-order chi connectivity index (χ1) is 17.7. The summed E-state index contributed by atoms with van der Waals surface area (Å²) in [7, 11) is 1.61. The number of carbonyl (C=O) groups is 1. The fraction of sp³-hybridized carbons (Fsp3) is 0.367. The molecule has 0 amide bonds. The van der Waals surface area contributed by atoms with Crippen molar-refractivity contribution in [1.82, 2.24) is 9.55 Å². The molecule has 0 saturated carbocycles. The zero-order chi connectivity index (χ0) is 26.3. The van der Waals surface area contributed by atoms with Crippen molar-refractivity contribution in [1.29, 1.82) is 0 Å². The van der Waals surface area contributed by atoms with E-state index in [2.05, 4.69) is 20.8 Å². The number of hydrogen-bond donors (Lipinski definition) is 0. The second-order valence-corrected chi connectivity index (χ2v) is 13.0. The van der Waals surface area contributed by atoms with E-state index in [0.29, 0.717) is 22.2 Å². The molecule has 7 heteroatoms. The molecule has 0 bridgehead atoms. The predicted octanol–water partition coefficient (Wildman–Crippen LogP) is 7.00. The highest BCUT2D eigenvalue weighted by Gasteiger charge is 2.26. The number of aromatic nitrogens is 2. The molecule has 2 heterocycles. The lowest BCUT2D eigenvalue weighted by molar-refractivity contribution is 0.0993. The number of carbonyl (C=O) groups excluding carboxylic acids is 1. The van der Waals surface area contributed by atoms with Gasteiger partial charge in [-0.25, -0.2) is 4.98 Å². The standard InChI is InChI=1S/C30H32N2O3S2/c1-18(26(33)19-13-15-20(16-14-19)30(2,3)4)36-29-31-27-25(23-11-6-7-12-24(23)37-27)28(34)32(29)21-9-8-10-22(17-21)35-5/h8-10,13-18H,6-7,11-12H2,1-5H3. The summed E-state index contributed by atoms with van der Waals surface area (Å²) in [5.41, 5.74) is 3.63. The second-order valence-electron chi connectivity index (χ2n) is 10.6. The van der Waals surface area contributed by atoms with Crippen molar-refractivity contribution in [3.63, 3.8) is 0 Å². The van der Waals surface area contributed by atoms with Gasteiger partial charge in [-0.3, -0.25) is 14.2 Å². The third kappa shape index (κ3) is 4.99. The fourth-order valence-corrected chi connectivity index (χ4v) is 7.13. The summed E-state index contributed by atoms with van der Waals surface area (Å²) in [5, 5.41) is 0.830. The summed E-state index contributed by atoms with van der Waals surface area (Å²) in [4.78, 5) is 34.5. The molecule has 4 aromatic rings. The van der Waals surface area contributed by atoms with Gasteiger partial charge in [0.15, 0.2) is 10.9 Å². The Hall–Kier alpha value is -2.90. The van der Waals surface area contributed by atoms with Gasteiger partial charge in [0.25, 0.3) is 5.56 Å². The molecule has 0 N–H and O–H groups in total. The van der Waals surface area contributed by atoms with Crippen LogP contribution in [0.1, 0.15) is 66.9 Å². The van der Waals surface area contributed by atoms with Crippen LogP contribution in [0.4, 0.5) is 0 Å². The Morgan fingerprint density at radius 3 is 2.54 bits per heavy atom. The monoisotopic (exact) mass is 532 g/mol. The van der Waals surface area contributed by atoms with Gasteiger partial charge in [-0.15, -0.1) is 11.3 Å². The summed E-state index contributed by atoms with van der Waals surface area (Å²) in [6.45, 7) is 8.36. The number of thioether (sulfide) groups is 1. The molecule has 0 fully saturated rings. The number of benzene rings is 2. The zero-order valence-corrected chi connectivity index (χ0v) is 23.6. The summed E-state index contributed by atoms with van der Waals surface area (Å²) in [6, 6.07) is 15.3. The maximum Gasteiger partial charge on any atom is 0.267 e. The van der Waals surface area contributed by atoms with Gasteiger partial charge in [-0.2, -0.15) is 0 Å². The van der Waals surface area contributed by atoms with Crippen LogP contribution >= 0.6 is 23.1 Å². The Kier molecular flexibility index (Phi) is 7.03. The maximum absolute atomic E-state index is 14.0. The molecule has 1 atom stereocenters. The summed E-state index contributed by atoms with van der Waals surface area (Å²) < 4.78 is 7.09. The van der Waals surface area contributed by atoms with E-state index in [1.54, 1.807) is 23.0 Å². The van der Waals surface area contributed by atoms with Gasteiger partial charge in [-0.05, 0) is 61.3 Å². The van der Waals surface area contributed by atoms with Crippen molar-refractivity contribution in [3.8, 4) is 11.4 Å². The molecule has 0 saturated heterocycles. The number of ketones is 1. The molecule has 2 aromatic heterocycles. The van der Waals surface area contributed by atoms with Gasteiger partial charge >= 0.3 is 0 Å². The largest absolute Gasteiger partial charge is 0.497 e. The lowest BCUT2D eigenvalue weighted by Crippen LogP contribution is -2.24. The van der Waals surface area contributed by atoms with Gasteiger partial charge in [-0.1, -0.05) is 62.9 Å². The molecule has 2 aromatic carbocycles. The van der Waals surface area contributed by atoms with E-state index >= 15 is 0 Å². The average molecular weight is 533 g/mol. The van der Waals surface area contributed by atoms with Crippen LogP contribution in [0.2, 0.25) is 0 Å². The van der Waals surface area contributed by atoms with Crippen LogP contribution in [-0.2, 0) is 18.3 Å². The topological polar surface area (TPSA) is 61.2 Å². The maximum atomic E-state index is 14.0. The van der Waals surface area contributed by atoms with Gasteiger partial charge < -0.3 is 4.74 Å². The number of ether oxygens (including phenoxy) is 1. The highest BCUT2D eigenvalue weighted by atomic mass is 32.2. The lowest BCUT2D eigenvalue weighted by Gasteiger charge is -2.19. The fourth-order valence-electron chi connectivity index (χ4n) is 4.82. The lowest BCUT2D eigenvalue weighted by atomic mass is 9.86. The van der Waals surface area contributed by atoms with Crippen LogP contribution in [-0.4, -0.2) is 27.7 Å². The molecule has 0 radical (unpaired) electrons. The van der Waals surface area contributed by atoms with Gasteiger partial charge in [0.05, 0.1) is 23.4 Å². The Morgan fingerprint density at radius 1 is 1.11 bits per heavy atom. The third-order valence-corrected chi connectivity index (χ3v) is 9.19. The molecule has 37 heavy (non-hydrogen) atoms. The first-order valence-electron chi connectivity index (χ1n) is 12.7. The number of nitrogens with zero attached hydrogens (tertiary/aromatic N) is 2. The van der Waals surface area contributed by atoms with E-state index in [-0.39, 0.29) is 16.8 Å². The van der Waals surface area contributed by atoms with Crippen molar-refractivity contribution in [2.24, 2.45) is 0 Å². The van der Waals surface area contributed by atoms with Crippen molar-refractivity contribution in [2.75, 3.05) is 7.11 Å². The number of thiophene rings is 1. The van der Waals surface area contributed by atoms with E-state index in [0.717, 1.165) is 41.5 Å². The Labute approximate surface area is 225 Å². The number of aryl methyl sites for hydroxylation is 2. The SMILES string of the molecule is COc1cccc(-n2c(SC(C)C(=O)c3ccc(C(C)(C)C)cc3)nc3sc4c(c3c2=O)CCCC4)c1. The molecule has 0 aliphatic heterocycles. The highest BCUT2D eigenvalue weighted by molar-refractivity contribution is 8.00. The highest BCUT2D eigenvalue weighted by Crippen LogP contribution is 2.36. The third-order valence-electron chi connectivity index (χ3n) is 6.96. The first-order valence-corrected chi connectivity index (χ1v) is 14.4. The molecule has 1 aliphatic carbocycles. The minimum atomic E-state index is -0.420. The van der Waals surface area contributed by atoms with Crippen molar-refractivity contribution >= 4 is 39.1 Å². The minimum absolute atomic E-state index is 0.0162. The Bertz CT molecular complexity index is 1530. The van der Waals surface area contributed by atoms with E-state index in [1.807, 2.05) is 55.5 Å². The quantitative estimate of drug-likeness (QED) is 0.152. The first kappa shape index (κ1) is 25.7. The van der Waals surface area contributed by atoms with Crippen LogP contribution in [0.3, 0.4) is 0 Å². The Balaban J connectivity index is 1.58. The van der Waals surface area contributed by atoms with Crippen LogP contribution in [0, 0.1) is 0 Å². The van der Waals surface area contributed by atoms with E-state index in [4.69, 9.17) is 9.72 Å². The van der Waals surface area contributed by atoms with Crippen LogP contribution < -0.4 is 10.3 Å². The zero-order valence-electron chi connectivity index (χ0n) is 22.0. The van der Waals surface area contributed by atoms with Gasteiger partial charge in [0, 0.05) is 16.5 Å². The molecule has 1 aliphatic rings. The van der Waals surface area contributed by atoms with Crippen molar-refractivity contribution in [2.45, 2.75) is 69.2 Å². The van der Waals surface area contributed by atoms with Crippen LogP contribution in [0.25, 0.3) is 15.9 Å². The average Bonchev–Trinajstić information content (AvgIpc) is 3.26. The van der Waals surface area contributed by atoms with Crippen LogP contribution in [0.5, 0.6) is 5.75 Å². The Morgan fingerprint density at radius 2 is 1.84 bits per heavy atom. The molecule has 5 rings (SSSR count). The summed E-state index contributed by atoms with van der Waals surface area (Å²) in [5.74, 6) is 0.679. The summed E-state index contributed by atoms with van der Waals surface area (Å²) >= 11 is 2.96. The number of methoxy groups -OCH3 is 1. The number of Topliss-reactive ketones (excluding diaryl/α,β-unsaturated/α-hetero) is 1. The normalized spacial score (nSPS) is 14.4. The van der Waals surface area contributed by atoms with E-state index < -0.39 is 5.25 Å². The van der Waals surface area contributed by atoms with Crippen LogP contribution in [0.15, 0.2) is 58.5 Å². The predicted molar refractivity (Wildman–Crippen MR) is 153 cm³/mol. The molecule has 5 nitrogen and oxygen atoms in total. The second kappa shape index (κ2) is 10.1.